The van der Waals surface area contributed by atoms with E-state index in [9.17, 15) is 0 Å². The van der Waals surface area contributed by atoms with Crippen molar-refractivity contribution >= 4 is 5.84 Å². The van der Waals surface area contributed by atoms with Crippen molar-refractivity contribution in [2.45, 2.75) is 20.0 Å². The Morgan fingerprint density at radius 1 is 1.28 bits per heavy atom. The highest BCUT2D eigenvalue weighted by molar-refractivity contribution is 6.00. The molecule has 0 saturated carbocycles. The van der Waals surface area contributed by atoms with E-state index in [2.05, 4.69) is 16.1 Å². The van der Waals surface area contributed by atoms with Crippen molar-refractivity contribution in [1.82, 2.24) is 14.7 Å². The van der Waals surface area contributed by atoms with Crippen LogP contribution in [0.1, 0.15) is 16.7 Å². The fraction of sp³-hybridized carbons (Fsp3) is 0.286. The van der Waals surface area contributed by atoms with Gasteiger partial charge in [0.15, 0.2) is 0 Å². The summed E-state index contributed by atoms with van der Waals surface area (Å²) in [6.07, 6.45) is 3.90. The van der Waals surface area contributed by atoms with Gasteiger partial charge in [-0.15, -0.1) is 0 Å². The third-order valence-electron chi connectivity index (χ3n) is 3.31. The van der Waals surface area contributed by atoms with E-state index >= 15 is 0 Å². The van der Waals surface area contributed by atoms with E-state index in [4.69, 9.17) is 5.41 Å². The van der Waals surface area contributed by atoms with Gasteiger partial charge >= 0.3 is 0 Å². The number of hydrogen-bond donors (Lipinski definition) is 1. The second-order valence-corrected chi connectivity index (χ2v) is 4.71. The van der Waals surface area contributed by atoms with Gasteiger partial charge in [0.25, 0.3) is 0 Å². The van der Waals surface area contributed by atoms with Crippen LogP contribution in [0.5, 0.6) is 0 Å². The van der Waals surface area contributed by atoms with Gasteiger partial charge in [-0.25, -0.2) is 0 Å². The van der Waals surface area contributed by atoms with Crippen molar-refractivity contribution in [1.29, 1.82) is 5.41 Å². The van der Waals surface area contributed by atoms with E-state index in [0.717, 1.165) is 25.2 Å². The highest BCUT2D eigenvalue weighted by Crippen LogP contribution is 2.21. The minimum atomic E-state index is 0.634. The maximum absolute atomic E-state index is 8.16. The lowest BCUT2D eigenvalue weighted by molar-refractivity contribution is 0.390. The molecule has 18 heavy (non-hydrogen) atoms. The second-order valence-electron chi connectivity index (χ2n) is 4.71. The van der Waals surface area contributed by atoms with Crippen LogP contribution in [0, 0.1) is 12.3 Å². The molecule has 0 radical (unpaired) electrons. The van der Waals surface area contributed by atoms with Crippen LogP contribution in [-0.4, -0.2) is 27.1 Å². The number of rotatable bonds is 3. The molecule has 0 amide bonds. The predicted octanol–water partition coefficient (Wildman–Crippen LogP) is 2.03. The number of benzene rings is 1. The highest BCUT2D eigenvalue weighted by Gasteiger charge is 2.22. The minimum Gasteiger partial charge on any atom is -0.350 e. The number of aromatic nitrogens is 2. The topological polar surface area (TPSA) is 44.9 Å². The highest BCUT2D eigenvalue weighted by atomic mass is 15.3. The van der Waals surface area contributed by atoms with Crippen molar-refractivity contribution in [3.05, 3.63) is 53.3 Å². The summed E-state index contributed by atoms with van der Waals surface area (Å²) in [7, 11) is 0. The van der Waals surface area contributed by atoms with Gasteiger partial charge in [-0.05, 0) is 18.1 Å². The molecule has 0 aliphatic carbocycles. The van der Waals surface area contributed by atoms with Gasteiger partial charge in [0, 0.05) is 24.8 Å². The first-order chi connectivity index (χ1) is 8.74. The van der Waals surface area contributed by atoms with Crippen molar-refractivity contribution in [2.24, 2.45) is 0 Å². The van der Waals surface area contributed by atoms with Gasteiger partial charge in [0.05, 0.1) is 12.7 Å². The van der Waals surface area contributed by atoms with Gasteiger partial charge in [-0.2, -0.15) is 5.10 Å². The van der Waals surface area contributed by atoms with Crippen LogP contribution in [0.25, 0.3) is 0 Å². The molecular formula is C14H16N4. The Morgan fingerprint density at radius 2 is 2.11 bits per heavy atom. The first-order valence-electron chi connectivity index (χ1n) is 6.15. The summed E-state index contributed by atoms with van der Waals surface area (Å²) in [5.74, 6) is 0.634. The maximum Gasteiger partial charge on any atom is 0.128 e. The standard InChI is InChI=1S/C14H16N4/c1-11-8-16-18(9-11)7-6-17-10-12-4-2-3-5-13(12)14(17)15/h2-5,8-9,15H,6-7,10H2,1H3. The zero-order valence-corrected chi connectivity index (χ0v) is 10.4. The molecule has 0 spiro atoms. The second kappa shape index (κ2) is 4.29. The zero-order chi connectivity index (χ0) is 12.5. The van der Waals surface area contributed by atoms with Crippen LogP contribution in [0.15, 0.2) is 36.7 Å². The molecule has 1 N–H and O–H groups in total. The molecule has 1 aliphatic rings. The quantitative estimate of drug-likeness (QED) is 0.892. The number of nitrogens with one attached hydrogen (secondary N) is 1. The molecule has 1 aliphatic heterocycles. The third kappa shape index (κ3) is 1.90. The number of amidine groups is 1. The van der Waals surface area contributed by atoms with Gasteiger partial charge < -0.3 is 4.90 Å². The van der Waals surface area contributed by atoms with E-state index < -0.39 is 0 Å². The first kappa shape index (κ1) is 11.0. The zero-order valence-electron chi connectivity index (χ0n) is 10.4. The Morgan fingerprint density at radius 3 is 2.83 bits per heavy atom. The molecule has 0 unspecified atom stereocenters. The Balaban J connectivity index is 1.68. The number of nitrogens with zero attached hydrogens (tertiary/aromatic N) is 3. The molecule has 92 valence electrons. The monoisotopic (exact) mass is 240 g/mol. The predicted molar refractivity (Wildman–Crippen MR) is 70.6 cm³/mol. The van der Waals surface area contributed by atoms with Crippen molar-refractivity contribution in [3.8, 4) is 0 Å². The van der Waals surface area contributed by atoms with Gasteiger partial charge in [0.1, 0.15) is 5.84 Å². The Hall–Kier alpha value is -2.10. The summed E-state index contributed by atoms with van der Waals surface area (Å²) in [6.45, 7) is 4.53. The molecule has 1 aromatic heterocycles. The fourth-order valence-corrected chi connectivity index (χ4v) is 2.35. The summed E-state index contributed by atoms with van der Waals surface area (Å²) >= 11 is 0. The van der Waals surface area contributed by atoms with Crippen molar-refractivity contribution in [3.63, 3.8) is 0 Å². The van der Waals surface area contributed by atoms with Crippen LogP contribution in [0.2, 0.25) is 0 Å². The number of hydrogen-bond acceptors (Lipinski definition) is 2. The van der Waals surface area contributed by atoms with Crippen LogP contribution in [-0.2, 0) is 13.1 Å². The van der Waals surface area contributed by atoms with E-state index in [0.29, 0.717) is 5.84 Å². The van der Waals surface area contributed by atoms with E-state index in [-0.39, 0.29) is 0 Å². The molecule has 0 saturated heterocycles. The summed E-state index contributed by atoms with van der Waals surface area (Å²) in [5, 5.41) is 12.4. The Bertz CT molecular complexity index is 585. The molecule has 4 nitrogen and oxygen atoms in total. The number of aryl methyl sites for hydroxylation is 1. The Labute approximate surface area is 106 Å². The van der Waals surface area contributed by atoms with Crippen LogP contribution < -0.4 is 0 Å². The molecule has 0 fully saturated rings. The normalized spacial score (nSPS) is 14.1. The Kier molecular flexibility index (Phi) is 2.63. The summed E-state index contributed by atoms with van der Waals surface area (Å²) in [4.78, 5) is 2.10. The van der Waals surface area contributed by atoms with E-state index in [1.54, 1.807) is 0 Å². The summed E-state index contributed by atoms with van der Waals surface area (Å²) in [5.41, 5.74) is 3.49. The molecule has 4 heteroatoms. The van der Waals surface area contributed by atoms with Crippen LogP contribution in [0.3, 0.4) is 0 Å². The minimum absolute atomic E-state index is 0.634. The fourth-order valence-electron chi connectivity index (χ4n) is 2.35. The molecule has 3 rings (SSSR count). The molecule has 0 atom stereocenters. The molecular weight excluding hydrogens is 224 g/mol. The lowest BCUT2D eigenvalue weighted by Crippen LogP contribution is -2.28. The largest absolute Gasteiger partial charge is 0.350 e. The van der Waals surface area contributed by atoms with Gasteiger partial charge in [-0.1, -0.05) is 24.3 Å². The molecule has 0 bridgehead atoms. The van der Waals surface area contributed by atoms with Crippen molar-refractivity contribution in [2.75, 3.05) is 6.54 Å². The molecule has 2 heterocycles. The lowest BCUT2D eigenvalue weighted by atomic mass is 10.1. The maximum atomic E-state index is 8.16. The SMILES string of the molecule is Cc1cnn(CCN2Cc3ccccc3C2=N)c1. The van der Waals surface area contributed by atoms with Crippen molar-refractivity contribution < 1.29 is 0 Å². The molecule has 2 aromatic rings. The van der Waals surface area contributed by atoms with Gasteiger partial charge in [-0.3, -0.25) is 10.1 Å². The summed E-state index contributed by atoms with van der Waals surface area (Å²) < 4.78 is 1.94. The van der Waals surface area contributed by atoms with Crippen LogP contribution in [0.4, 0.5) is 0 Å². The van der Waals surface area contributed by atoms with E-state index in [1.807, 2.05) is 42.2 Å². The van der Waals surface area contributed by atoms with Crippen LogP contribution >= 0.6 is 0 Å². The smallest absolute Gasteiger partial charge is 0.128 e. The van der Waals surface area contributed by atoms with E-state index in [1.165, 1.54) is 11.1 Å². The molecule has 1 aromatic carbocycles. The lowest BCUT2D eigenvalue weighted by Gasteiger charge is -2.17. The average molecular weight is 240 g/mol. The first-order valence-corrected chi connectivity index (χ1v) is 6.15. The third-order valence-corrected chi connectivity index (χ3v) is 3.31. The average Bonchev–Trinajstić information content (AvgIpc) is 2.92. The summed E-state index contributed by atoms with van der Waals surface area (Å²) in [6, 6.07) is 8.15. The van der Waals surface area contributed by atoms with Gasteiger partial charge in [0.2, 0.25) is 0 Å². The number of fused-ring (bicyclic) bond motifs is 1.